The number of amides is 2. The van der Waals surface area contributed by atoms with Gasteiger partial charge in [-0.3, -0.25) is 9.59 Å². The molecule has 1 fully saturated rings. The number of nitrogens with zero attached hydrogens (tertiary/aromatic N) is 2. The first-order valence-corrected chi connectivity index (χ1v) is 8.65. The molecule has 2 amide bonds. The Morgan fingerprint density at radius 2 is 1.88 bits per heavy atom. The molecular formula is C19H19N5O2. The normalized spacial score (nSPS) is 14.8. The number of aromatic amines is 1. The summed E-state index contributed by atoms with van der Waals surface area (Å²) in [6, 6.07) is 14.4. The molecular weight excluding hydrogens is 330 g/mol. The lowest BCUT2D eigenvalue weighted by atomic mass is 10.0. The first-order chi connectivity index (χ1) is 12.7. The number of carbonyl (C=O) groups excluding carboxylic acids is 2. The smallest absolute Gasteiger partial charge is 0.254 e. The summed E-state index contributed by atoms with van der Waals surface area (Å²) in [4.78, 5) is 25.4. The van der Waals surface area contributed by atoms with Crippen LogP contribution in [-0.2, 0) is 11.2 Å². The quantitative estimate of drug-likeness (QED) is 0.629. The van der Waals surface area contributed by atoms with Crippen molar-refractivity contribution in [2.75, 3.05) is 0 Å². The lowest BCUT2D eigenvalue weighted by molar-refractivity contribution is -0.123. The van der Waals surface area contributed by atoms with Crippen LogP contribution in [0, 0.1) is 0 Å². The van der Waals surface area contributed by atoms with E-state index < -0.39 is 6.04 Å². The molecule has 1 aromatic heterocycles. The van der Waals surface area contributed by atoms with Gasteiger partial charge in [0.05, 0.1) is 5.56 Å². The summed E-state index contributed by atoms with van der Waals surface area (Å²) in [7, 11) is 0. The first kappa shape index (κ1) is 16.3. The highest BCUT2D eigenvalue weighted by molar-refractivity contribution is 6.06. The van der Waals surface area contributed by atoms with Crippen molar-refractivity contribution in [1.29, 1.82) is 0 Å². The van der Waals surface area contributed by atoms with Crippen molar-refractivity contribution in [2.45, 2.75) is 31.3 Å². The summed E-state index contributed by atoms with van der Waals surface area (Å²) in [6.45, 7) is 0. The Morgan fingerprint density at radius 3 is 2.65 bits per heavy atom. The molecule has 1 atom stereocenters. The fraction of sp³-hybridized carbons (Fsp3) is 0.263. The maximum Gasteiger partial charge on any atom is 0.254 e. The van der Waals surface area contributed by atoms with E-state index in [1.807, 2.05) is 30.3 Å². The Labute approximate surface area is 150 Å². The van der Waals surface area contributed by atoms with Crippen LogP contribution >= 0.6 is 0 Å². The molecule has 7 nitrogen and oxygen atoms in total. The zero-order valence-corrected chi connectivity index (χ0v) is 14.1. The number of benzene rings is 2. The largest absolute Gasteiger partial charge is 0.352 e. The maximum atomic E-state index is 12.8. The summed E-state index contributed by atoms with van der Waals surface area (Å²) in [5, 5.41) is 16.4. The molecule has 0 bridgehead atoms. The highest BCUT2D eigenvalue weighted by Gasteiger charge is 2.29. The van der Waals surface area contributed by atoms with Crippen molar-refractivity contribution < 1.29 is 9.59 Å². The minimum atomic E-state index is -0.646. The fourth-order valence-electron chi connectivity index (χ4n) is 2.88. The SMILES string of the molecule is O=C(N[C@H](Cc1ccccc1)C(=O)NC1CC1)c1cccc2n[nH]nc12. The maximum absolute atomic E-state index is 12.8. The Morgan fingerprint density at radius 1 is 1.08 bits per heavy atom. The predicted octanol–water partition coefficient (Wildman–Crippen LogP) is 1.58. The van der Waals surface area contributed by atoms with Gasteiger partial charge in [-0.1, -0.05) is 36.4 Å². The van der Waals surface area contributed by atoms with Gasteiger partial charge in [0.1, 0.15) is 17.1 Å². The van der Waals surface area contributed by atoms with Gasteiger partial charge >= 0.3 is 0 Å². The molecule has 3 aromatic rings. The number of H-pyrrole nitrogens is 1. The number of fused-ring (bicyclic) bond motifs is 1. The molecule has 0 unspecified atom stereocenters. The zero-order valence-electron chi connectivity index (χ0n) is 14.1. The average Bonchev–Trinajstić information content (AvgIpc) is 3.33. The van der Waals surface area contributed by atoms with Gasteiger partial charge in [0, 0.05) is 12.5 Å². The van der Waals surface area contributed by atoms with E-state index in [0.29, 0.717) is 23.0 Å². The van der Waals surface area contributed by atoms with E-state index in [4.69, 9.17) is 0 Å². The van der Waals surface area contributed by atoms with Crippen molar-refractivity contribution >= 4 is 22.8 Å². The van der Waals surface area contributed by atoms with Crippen LogP contribution in [0.4, 0.5) is 0 Å². The molecule has 7 heteroatoms. The van der Waals surface area contributed by atoms with Gasteiger partial charge in [-0.25, -0.2) is 0 Å². The highest BCUT2D eigenvalue weighted by Crippen LogP contribution is 2.19. The summed E-state index contributed by atoms with van der Waals surface area (Å²) < 4.78 is 0. The number of rotatable bonds is 6. The van der Waals surface area contributed by atoms with Crippen molar-refractivity contribution in [3.63, 3.8) is 0 Å². The average molecular weight is 349 g/mol. The van der Waals surface area contributed by atoms with E-state index in [0.717, 1.165) is 18.4 Å². The Balaban J connectivity index is 1.55. The lowest BCUT2D eigenvalue weighted by Gasteiger charge is -2.18. The molecule has 26 heavy (non-hydrogen) atoms. The number of hydrogen-bond acceptors (Lipinski definition) is 4. The van der Waals surface area contributed by atoms with Gasteiger partial charge in [-0.15, -0.1) is 0 Å². The predicted molar refractivity (Wildman–Crippen MR) is 96.5 cm³/mol. The summed E-state index contributed by atoms with van der Waals surface area (Å²) >= 11 is 0. The molecule has 1 aliphatic carbocycles. The van der Waals surface area contributed by atoms with Gasteiger partial charge in [-0.05, 0) is 30.5 Å². The van der Waals surface area contributed by atoms with Gasteiger partial charge in [-0.2, -0.15) is 15.4 Å². The number of hydrogen-bond donors (Lipinski definition) is 3. The highest BCUT2D eigenvalue weighted by atomic mass is 16.2. The second-order valence-electron chi connectivity index (χ2n) is 6.50. The van der Waals surface area contributed by atoms with Crippen LogP contribution in [0.1, 0.15) is 28.8 Å². The van der Waals surface area contributed by atoms with Crippen LogP contribution in [0.5, 0.6) is 0 Å². The van der Waals surface area contributed by atoms with Crippen LogP contribution in [0.15, 0.2) is 48.5 Å². The van der Waals surface area contributed by atoms with E-state index in [2.05, 4.69) is 26.0 Å². The Hall–Kier alpha value is -3.22. The molecule has 0 saturated heterocycles. The van der Waals surface area contributed by atoms with Crippen molar-refractivity contribution in [3.8, 4) is 0 Å². The molecule has 3 N–H and O–H groups in total. The minimum Gasteiger partial charge on any atom is -0.352 e. The van der Waals surface area contributed by atoms with E-state index in [1.54, 1.807) is 18.2 Å². The molecule has 1 saturated carbocycles. The Kier molecular flexibility index (Phi) is 4.35. The standard InChI is InChI=1S/C19H19N5O2/c25-18(14-7-4-8-15-17(14)23-24-22-15)21-16(19(26)20-13-9-10-13)11-12-5-2-1-3-6-12/h1-8,13,16H,9-11H2,(H,20,26)(H,21,25)(H,22,23,24)/t16-/m1/s1. The zero-order chi connectivity index (χ0) is 17.9. The molecule has 2 aromatic carbocycles. The molecule has 0 radical (unpaired) electrons. The Bertz CT molecular complexity index is 933. The number of nitrogens with one attached hydrogen (secondary N) is 3. The summed E-state index contributed by atoms with van der Waals surface area (Å²) in [5.41, 5.74) is 2.49. The summed E-state index contributed by atoms with van der Waals surface area (Å²) in [6.07, 6.45) is 2.42. The third-order valence-corrected chi connectivity index (χ3v) is 4.42. The number of carbonyl (C=O) groups is 2. The molecule has 4 rings (SSSR count). The minimum absolute atomic E-state index is 0.156. The molecule has 132 valence electrons. The first-order valence-electron chi connectivity index (χ1n) is 8.65. The van der Waals surface area contributed by atoms with E-state index >= 15 is 0 Å². The number of para-hydroxylation sites is 1. The van der Waals surface area contributed by atoms with E-state index in [1.165, 1.54) is 0 Å². The van der Waals surface area contributed by atoms with Crippen LogP contribution in [0.2, 0.25) is 0 Å². The molecule has 1 aliphatic rings. The second-order valence-corrected chi connectivity index (χ2v) is 6.50. The van der Waals surface area contributed by atoms with Crippen LogP contribution in [-0.4, -0.2) is 39.3 Å². The molecule has 0 aliphatic heterocycles. The van der Waals surface area contributed by atoms with E-state index in [9.17, 15) is 9.59 Å². The number of aromatic nitrogens is 3. The topological polar surface area (TPSA) is 99.8 Å². The summed E-state index contributed by atoms with van der Waals surface area (Å²) in [5.74, 6) is -0.492. The van der Waals surface area contributed by atoms with Crippen LogP contribution in [0.25, 0.3) is 11.0 Å². The van der Waals surface area contributed by atoms with Crippen molar-refractivity contribution in [1.82, 2.24) is 26.0 Å². The van der Waals surface area contributed by atoms with Crippen molar-refractivity contribution in [3.05, 3.63) is 59.7 Å². The van der Waals surface area contributed by atoms with Gasteiger partial charge in [0.15, 0.2) is 0 Å². The second kappa shape index (κ2) is 6.95. The third-order valence-electron chi connectivity index (χ3n) is 4.42. The van der Waals surface area contributed by atoms with Crippen LogP contribution < -0.4 is 10.6 Å². The van der Waals surface area contributed by atoms with Gasteiger partial charge in [0.2, 0.25) is 5.91 Å². The van der Waals surface area contributed by atoms with Gasteiger partial charge in [0.25, 0.3) is 5.91 Å². The molecule has 1 heterocycles. The lowest BCUT2D eigenvalue weighted by Crippen LogP contribution is -2.48. The van der Waals surface area contributed by atoms with Gasteiger partial charge < -0.3 is 10.6 Å². The third kappa shape index (κ3) is 3.56. The van der Waals surface area contributed by atoms with Crippen LogP contribution in [0.3, 0.4) is 0 Å². The monoisotopic (exact) mass is 349 g/mol. The molecule has 0 spiro atoms. The van der Waals surface area contributed by atoms with Crippen molar-refractivity contribution in [2.24, 2.45) is 0 Å². The fourth-order valence-corrected chi connectivity index (χ4v) is 2.88. The van der Waals surface area contributed by atoms with E-state index in [-0.39, 0.29) is 17.9 Å².